The normalized spacial score (nSPS) is 45.1. The number of aliphatic carboxylic acids is 1. The van der Waals surface area contributed by atoms with Crippen molar-refractivity contribution in [1.82, 2.24) is 0 Å². The van der Waals surface area contributed by atoms with Gasteiger partial charge in [-0.15, -0.1) is 0 Å². The molecule has 3 fully saturated rings. The minimum absolute atomic E-state index is 0.0359. The number of carbonyl (C=O) groups is 1. The molecule has 2 nitrogen and oxygen atoms in total. The summed E-state index contributed by atoms with van der Waals surface area (Å²) in [4.78, 5) is 10.9. The van der Waals surface area contributed by atoms with Crippen LogP contribution >= 0.6 is 0 Å². The first-order valence-corrected chi connectivity index (χ1v) is 7.45. The zero-order chi connectivity index (χ0) is 11.8. The fourth-order valence-corrected chi connectivity index (χ4v) is 4.74. The predicted molar refractivity (Wildman–Crippen MR) is 66.6 cm³/mol. The van der Waals surface area contributed by atoms with Gasteiger partial charge in [0, 0.05) is 0 Å². The third-order valence-electron chi connectivity index (χ3n) is 5.72. The van der Waals surface area contributed by atoms with Crippen LogP contribution in [0, 0.1) is 29.6 Å². The number of carboxylic acids is 1. The summed E-state index contributed by atoms with van der Waals surface area (Å²) >= 11 is 0. The molecule has 3 saturated carbocycles. The Hall–Kier alpha value is -0.530. The van der Waals surface area contributed by atoms with Gasteiger partial charge >= 0.3 is 5.97 Å². The van der Waals surface area contributed by atoms with Gasteiger partial charge in [-0.05, 0) is 75.0 Å². The highest BCUT2D eigenvalue weighted by molar-refractivity contribution is 5.69. The average molecular weight is 236 g/mol. The average Bonchev–Trinajstić information content (AvgIpc) is 2.91. The van der Waals surface area contributed by atoms with Gasteiger partial charge in [-0.25, -0.2) is 0 Å². The molecule has 2 bridgehead atoms. The molecule has 3 rings (SSSR count). The Labute approximate surface area is 104 Å². The molecule has 0 aromatic carbocycles. The minimum atomic E-state index is -0.566. The van der Waals surface area contributed by atoms with Crippen LogP contribution in [0.1, 0.15) is 57.8 Å². The third-order valence-corrected chi connectivity index (χ3v) is 5.72. The first-order valence-electron chi connectivity index (χ1n) is 7.45. The molecule has 0 aromatic heterocycles. The Morgan fingerprint density at radius 2 is 1.76 bits per heavy atom. The smallest absolute Gasteiger partial charge is 0.306 e. The number of hydrogen-bond donors (Lipinski definition) is 1. The second-order valence-electron chi connectivity index (χ2n) is 6.73. The van der Waals surface area contributed by atoms with Crippen LogP contribution in [-0.2, 0) is 4.79 Å². The van der Waals surface area contributed by atoms with E-state index in [0.717, 1.165) is 36.5 Å². The predicted octanol–water partition coefficient (Wildman–Crippen LogP) is 3.70. The zero-order valence-electron chi connectivity index (χ0n) is 10.6. The summed E-state index contributed by atoms with van der Waals surface area (Å²) in [5, 5.41) is 8.99. The van der Waals surface area contributed by atoms with E-state index < -0.39 is 5.97 Å². The van der Waals surface area contributed by atoms with Crippen molar-refractivity contribution >= 4 is 5.97 Å². The molecular formula is C15H24O2. The van der Waals surface area contributed by atoms with Gasteiger partial charge in [0.2, 0.25) is 0 Å². The van der Waals surface area contributed by atoms with E-state index in [1.165, 1.54) is 44.9 Å². The molecule has 0 aliphatic heterocycles. The van der Waals surface area contributed by atoms with E-state index in [0.29, 0.717) is 0 Å². The van der Waals surface area contributed by atoms with Gasteiger partial charge in [0.15, 0.2) is 0 Å². The molecule has 1 N–H and O–H groups in total. The summed E-state index contributed by atoms with van der Waals surface area (Å²) < 4.78 is 0. The third kappa shape index (κ3) is 2.36. The fraction of sp³-hybridized carbons (Fsp3) is 0.933. The molecule has 17 heavy (non-hydrogen) atoms. The van der Waals surface area contributed by atoms with E-state index in [2.05, 4.69) is 0 Å². The first kappa shape index (κ1) is 11.6. The monoisotopic (exact) mass is 236 g/mol. The van der Waals surface area contributed by atoms with Crippen LogP contribution in [0.3, 0.4) is 0 Å². The second kappa shape index (κ2) is 4.62. The van der Waals surface area contributed by atoms with Gasteiger partial charge in [-0.1, -0.05) is 6.42 Å². The molecule has 0 radical (unpaired) electrons. The number of fused-ring (bicyclic) bond motifs is 2. The Bertz CT molecular complexity index is 291. The van der Waals surface area contributed by atoms with Crippen molar-refractivity contribution in [2.75, 3.05) is 0 Å². The molecule has 0 unspecified atom stereocenters. The van der Waals surface area contributed by atoms with Crippen molar-refractivity contribution in [2.24, 2.45) is 29.6 Å². The molecular weight excluding hydrogens is 212 g/mol. The van der Waals surface area contributed by atoms with Crippen molar-refractivity contribution < 1.29 is 9.90 Å². The highest BCUT2D eigenvalue weighted by atomic mass is 16.4. The molecule has 3 atom stereocenters. The second-order valence-corrected chi connectivity index (χ2v) is 6.73. The van der Waals surface area contributed by atoms with Crippen LogP contribution in [0.15, 0.2) is 0 Å². The van der Waals surface area contributed by atoms with E-state index in [1.54, 1.807) is 0 Å². The lowest BCUT2D eigenvalue weighted by atomic mass is 9.75. The van der Waals surface area contributed by atoms with E-state index in [-0.39, 0.29) is 5.92 Å². The van der Waals surface area contributed by atoms with Crippen LogP contribution in [-0.4, -0.2) is 11.1 Å². The Morgan fingerprint density at radius 3 is 2.29 bits per heavy atom. The summed E-state index contributed by atoms with van der Waals surface area (Å²) in [6.07, 6.45) is 11.6. The summed E-state index contributed by atoms with van der Waals surface area (Å²) in [5.41, 5.74) is 0. The molecule has 0 saturated heterocycles. The molecule has 0 amide bonds. The first-order chi connectivity index (χ1) is 8.22. The van der Waals surface area contributed by atoms with Crippen LogP contribution in [0.2, 0.25) is 0 Å². The van der Waals surface area contributed by atoms with Crippen molar-refractivity contribution in [2.45, 2.75) is 57.8 Å². The number of hydrogen-bond acceptors (Lipinski definition) is 1. The quantitative estimate of drug-likeness (QED) is 0.811. The van der Waals surface area contributed by atoms with Gasteiger partial charge in [-0.3, -0.25) is 4.79 Å². The maximum absolute atomic E-state index is 10.9. The van der Waals surface area contributed by atoms with Gasteiger partial charge in [-0.2, -0.15) is 0 Å². The Morgan fingerprint density at radius 1 is 1.00 bits per heavy atom. The van der Waals surface area contributed by atoms with Crippen molar-refractivity contribution in [3.05, 3.63) is 0 Å². The number of rotatable bonds is 3. The minimum Gasteiger partial charge on any atom is -0.481 e. The molecule has 96 valence electrons. The molecule has 0 spiro atoms. The van der Waals surface area contributed by atoms with Crippen molar-refractivity contribution in [3.63, 3.8) is 0 Å². The SMILES string of the molecule is O=C(O)C1CCC(C[C@H]2C[C@@H]3CC[C@@H]2C3)CC1. The van der Waals surface area contributed by atoms with Crippen LogP contribution < -0.4 is 0 Å². The van der Waals surface area contributed by atoms with E-state index in [4.69, 9.17) is 5.11 Å². The highest BCUT2D eigenvalue weighted by Crippen LogP contribution is 2.51. The van der Waals surface area contributed by atoms with Crippen molar-refractivity contribution in [1.29, 1.82) is 0 Å². The van der Waals surface area contributed by atoms with Crippen molar-refractivity contribution in [3.8, 4) is 0 Å². The highest BCUT2D eigenvalue weighted by Gasteiger charge is 2.40. The van der Waals surface area contributed by atoms with E-state index in [1.807, 2.05) is 0 Å². The molecule has 3 aliphatic rings. The lowest BCUT2D eigenvalue weighted by Gasteiger charge is -2.31. The molecule has 2 heteroatoms. The van der Waals surface area contributed by atoms with Gasteiger partial charge in [0.1, 0.15) is 0 Å². The van der Waals surface area contributed by atoms with Crippen LogP contribution in [0.5, 0.6) is 0 Å². The Balaban J connectivity index is 1.46. The fourth-order valence-electron chi connectivity index (χ4n) is 4.74. The summed E-state index contributed by atoms with van der Waals surface area (Å²) in [6, 6.07) is 0. The van der Waals surface area contributed by atoms with E-state index >= 15 is 0 Å². The maximum Gasteiger partial charge on any atom is 0.306 e. The summed E-state index contributed by atoms with van der Waals surface area (Å²) in [5.74, 6) is 3.34. The van der Waals surface area contributed by atoms with E-state index in [9.17, 15) is 4.79 Å². The zero-order valence-corrected chi connectivity index (χ0v) is 10.6. The number of carboxylic acid groups (broad SMARTS) is 1. The topological polar surface area (TPSA) is 37.3 Å². The standard InChI is InChI=1S/C15H24O2/c16-15(17)12-4-1-10(2-5-12)7-14-9-11-3-6-13(14)8-11/h10-14H,1-9H2,(H,16,17)/t10?,11-,12?,13-,14+/m1/s1. The van der Waals surface area contributed by atoms with Crippen LogP contribution in [0.25, 0.3) is 0 Å². The molecule has 0 aromatic rings. The molecule has 3 aliphatic carbocycles. The lowest BCUT2D eigenvalue weighted by molar-refractivity contribution is -0.143. The van der Waals surface area contributed by atoms with Gasteiger partial charge < -0.3 is 5.11 Å². The van der Waals surface area contributed by atoms with Crippen LogP contribution in [0.4, 0.5) is 0 Å². The largest absolute Gasteiger partial charge is 0.481 e. The summed E-state index contributed by atoms with van der Waals surface area (Å²) in [7, 11) is 0. The maximum atomic E-state index is 10.9. The summed E-state index contributed by atoms with van der Waals surface area (Å²) in [6.45, 7) is 0. The van der Waals surface area contributed by atoms with Gasteiger partial charge in [0.05, 0.1) is 5.92 Å². The van der Waals surface area contributed by atoms with Gasteiger partial charge in [0.25, 0.3) is 0 Å². The lowest BCUT2D eigenvalue weighted by Crippen LogP contribution is -2.24. The Kier molecular flexibility index (Phi) is 3.14. The molecule has 0 heterocycles.